The van der Waals surface area contributed by atoms with Crippen LogP contribution in [0.25, 0.3) is 0 Å². The molecule has 96 valence electrons. The van der Waals surface area contributed by atoms with Crippen LogP contribution < -0.4 is 10.6 Å². The van der Waals surface area contributed by atoms with Crippen LogP contribution in [-0.4, -0.2) is 16.5 Å². The van der Waals surface area contributed by atoms with Gasteiger partial charge < -0.3 is 10.6 Å². The number of hydrogen-bond donors (Lipinski definition) is 2. The van der Waals surface area contributed by atoms with Crippen LogP contribution in [-0.2, 0) is 0 Å². The van der Waals surface area contributed by atoms with Crippen LogP contribution >= 0.6 is 11.3 Å². The Morgan fingerprint density at radius 1 is 1.33 bits per heavy atom. The molecule has 2 N–H and O–H groups in total. The van der Waals surface area contributed by atoms with E-state index in [0.29, 0.717) is 0 Å². The second-order valence-corrected chi connectivity index (χ2v) is 5.09. The molecule has 2 heterocycles. The summed E-state index contributed by atoms with van der Waals surface area (Å²) >= 11 is 1.75. The van der Waals surface area contributed by atoms with Gasteiger partial charge in [-0.25, -0.2) is 9.97 Å². The fourth-order valence-electron chi connectivity index (χ4n) is 1.76. The van der Waals surface area contributed by atoms with Gasteiger partial charge in [-0.1, -0.05) is 6.07 Å². The quantitative estimate of drug-likeness (QED) is 0.866. The van der Waals surface area contributed by atoms with Crippen LogP contribution in [0.15, 0.2) is 23.8 Å². The van der Waals surface area contributed by atoms with Crippen LogP contribution in [0, 0.1) is 6.92 Å². The molecule has 0 aliphatic rings. The van der Waals surface area contributed by atoms with E-state index >= 15 is 0 Å². The zero-order valence-corrected chi connectivity index (χ0v) is 11.7. The van der Waals surface area contributed by atoms with E-state index in [4.69, 9.17) is 0 Å². The summed E-state index contributed by atoms with van der Waals surface area (Å²) in [6.45, 7) is 7.09. The highest BCUT2D eigenvalue weighted by molar-refractivity contribution is 7.10. The fourth-order valence-corrected chi connectivity index (χ4v) is 2.49. The van der Waals surface area contributed by atoms with Crippen molar-refractivity contribution in [3.8, 4) is 0 Å². The molecular weight excluding hydrogens is 244 g/mol. The first kappa shape index (κ1) is 12.8. The highest BCUT2D eigenvalue weighted by Crippen LogP contribution is 2.25. The van der Waals surface area contributed by atoms with Gasteiger partial charge in [-0.15, -0.1) is 11.3 Å². The first-order chi connectivity index (χ1) is 8.72. The SMILES string of the molecule is CCNc1ncnc(NC(C)c2cccs2)c1C. The third kappa shape index (κ3) is 2.79. The minimum absolute atomic E-state index is 0.257. The molecule has 5 heteroatoms. The summed E-state index contributed by atoms with van der Waals surface area (Å²) in [5.74, 6) is 1.79. The molecule has 0 amide bonds. The highest BCUT2D eigenvalue weighted by atomic mass is 32.1. The Morgan fingerprint density at radius 3 is 2.78 bits per heavy atom. The van der Waals surface area contributed by atoms with E-state index in [-0.39, 0.29) is 6.04 Å². The summed E-state index contributed by atoms with van der Waals surface area (Å²) in [4.78, 5) is 9.86. The maximum Gasteiger partial charge on any atom is 0.134 e. The van der Waals surface area contributed by atoms with Crippen molar-refractivity contribution in [2.24, 2.45) is 0 Å². The Kier molecular flexibility index (Phi) is 4.15. The van der Waals surface area contributed by atoms with Gasteiger partial charge in [0, 0.05) is 17.0 Å². The normalized spacial score (nSPS) is 12.2. The molecule has 0 fully saturated rings. The van der Waals surface area contributed by atoms with E-state index in [1.807, 2.05) is 6.92 Å². The van der Waals surface area contributed by atoms with Crippen molar-refractivity contribution in [1.29, 1.82) is 0 Å². The minimum atomic E-state index is 0.257. The monoisotopic (exact) mass is 262 g/mol. The van der Waals surface area contributed by atoms with Crippen LogP contribution in [0.1, 0.15) is 30.3 Å². The van der Waals surface area contributed by atoms with Crippen LogP contribution in [0.4, 0.5) is 11.6 Å². The van der Waals surface area contributed by atoms with Crippen molar-refractivity contribution < 1.29 is 0 Å². The van der Waals surface area contributed by atoms with E-state index in [1.54, 1.807) is 17.7 Å². The molecule has 0 radical (unpaired) electrons. The lowest BCUT2D eigenvalue weighted by Gasteiger charge is -2.16. The number of rotatable bonds is 5. The third-order valence-corrected chi connectivity index (χ3v) is 3.81. The molecule has 2 aromatic rings. The van der Waals surface area contributed by atoms with Crippen LogP contribution in [0.5, 0.6) is 0 Å². The van der Waals surface area contributed by atoms with Gasteiger partial charge in [0.2, 0.25) is 0 Å². The largest absolute Gasteiger partial charge is 0.370 e. The molecule has 0 saturated carbocycles. The lowest BCUT2D eigenvalue weighted by molar-refractivity contribution is 0.888. The second kappa shape index (κ2) is 5.82. The molecule has 0 bridgehead atoms. The Morgan fingerprint density at radius 2 is 2.11 bits per heavy atom. The Bertz CT molecular complexity index is 496. The molecule has 0 aromatic carbocycles. The zero-order valence-electron chi connectivity index (χ0n) is 10.9. The molecule has 0 aliphatic carbocycles. The van der Waals surface area contributed by atoms with Crippen molar-refractivity contribution >= 4 is 23.0 Å². The number of anilines is 2. The van der Waals surface area contributed by atoms with Crippen molar-refractivity contribution in [3.63, 3.8) is 0 Å². The average Bonchev–Trinajstić information content (AvgIpc) is 2.88. The Balaban J connectivity index is 2.16. The Hall–Kier alpha value is -1.62. The molecule has 1 unspecified atom stereocenters. The topological polar surface area (TPSA) is 49.8 Å². The first-order valence-electron chi connectivity index (χ1n) is 6.07. The van der Waals surface area contributed by atoms with Gasteiger partial charge >= 0.3 is 0 Å². The van der Waals surface area contributed by atoms with E-state index in [9.17, 15) is 0 Å². The lowest BCUT2D eigenvalue weighted by atomic mass is 10.2. The van der Waals surface area contributed by atoms with Crippen molar-refractivity contribution in [3.05, 3.63) is 34.3 Å². The predicted octanol–water partition coefficient (Wildman–Crippen LogP) is 3.45. The molecule has 0 aliphatic heterocycles. The predicted molar refractivity (Wildman–Crippen MR) is 77.3 cm³/mol. The first-order valence-corrected chi connectivity index (χ1v) is 6.95. The van der Waals surface area contributed by atoms with Gasteiger partial charge in [0.15, 0.2) is 0 Å². The van der Waals surface area contributed by atoms with E-state index in [0.717, 1.165) is 23.7 Å². The Labute approximate surface area is 111 Å². The number of hydrogen-bond acceptors (Lipinski definition) is 5. The summed E-state index contributed by atoms with van der Waals surface area (Å²) in [5, 5.41) is 8.75. The number of thiophene rings is 1. The number of nitrogens with one attached hydrogen (secondary N) is 2. The van der Waals surface area contributed by atoms with Gasteiger partial charge in [-0.05, 0) is 32.2 Å². The maximum atomic E-state index is 4.31. The van der Waals surface area contributed by atoms with E-state index < -0.39 is 0 Å². The standard InChI is InChI=1S/C13H18N4S/c1-4-14-12-9(2)13(16-8-15-12)17-10(3)11-6-5-7-18-11/h5-8,10H,4H2,1-3H3,(H2,14,15,16,17). The lowest BCUT2D eigenvalue weighted by Crippen LogP contribution is -2.10. The minimum Gasteiger partial charge on any atom is -0.370 e. The molecule has 18 heavy (non-hydrogen) atoms. The van der Waals surface area contributed by atoms with Gasteiger partial charge in [0.25, 0.3) is 0 Å². The number of aromatic nitrogens is 2. The summed E-state index contributed by atoms with van der Waals surface area (Å²) < 4.78 is 0. The summed E-state index contributed by atoms with van der Waals surface area (Å²) in [6, 6.07) is 4.45. The van der Waals surface area contributed by atoms with Gasteiger partial charge in [-0.2, -0.15) is 0 Å². The molecule has 0 spiro atoms. The average molecular weight is 262 g/mol. The molecule has 2 aromatic heterocycles. The van der Waals surface area contributed by atoms with Crippen molar-refractivity contribution in [2.75, 3.05) is 17.2 Å². The van der Waals surface area contributed by atoms with E-state index in [2.05, 4.69) is 52.0 Å². The van der Waals surface area contributed by atoms with Crippen molar-refractivity contribution in [1.82, 2.24) is 9.97 Å². The van der Waals surface area contributed by atoms with Gasteiger partial charge in [-0.3, -0.25) is 0 Å². The summed E-state index contributed by atoms with van der Waals surface area (Å²) in [6.07, 6.45) is 1.59. The fraction of sp³-hybridized carbons (Fsp3) is 0.385. The van der Waals surface area contributed by atoms with Gasteiger partial charge in [0.05, 0.1) is 6.04 Å². The molecule has 1 atom stereocenters. The van der Waals surface area contributed by atoms with Gasteiger partial charge in [0.1, 0.15) is 18.0 Å². The smallest absolute Gasteiger partial charge is 0.134 e. The second-order valence-electron chi connectivity index (χ2n) is 4.11. The van der Waals surface area contributed by atoms with Crippen molar-refractivity contribution in [2.45, 2.75) is 26.8 Å². The summed E-state index contributed by atoms with van der Waals surface area (Å²) in [5.41, 5.74) is 1.06. The number of nitrogens with zero attached hydrogens (tertiary/aromatic N) is 2. The molecule has 4 nitrogen and oxygen atoms in total. The van der Waals surface area contributed by atoms with E-state index in [1.165, 1.54) is 4.88 Å². The van der Waals surface area contributed by atoms with Crippen LogP contribution in [0.2, 0.25) is 0 Å². The third-order valence-electron chi connectivity index (χ3n) is 2.75. The maximum absolute atomic E-state index is 4.31. The summed E-state index contributed by atoms with van der Waals surface area (Å²) in [7, 11) is 0. The zero-order chi connectivity index (χ0) is 13.0. The molecular formula is C13H18N4S. The molecule has 2 rings (SSSR count). The van der Waals surface area contributed by atoms with Crippen LogP contribution in [0.3, 0.4) is 0 Å². The highest BCUT2D eigenvalue weighted by Gasteiger charge is 2.11. The molecule has 0 saturated heterocycles.